The van der Waals surface area contributed by atoms with Crippen molar-refractivity contribution in [3.8, 4) is 11.3 Å². The number of rotatable bonds is 2. The molecule has 4 rings (SSSR count). The number of hydrogen-bond acceptors (Lipinski definition) is 5. The lowest BCUT2D eigenvalue weighted by Crippen LogP contribution is -2.31. The molecule has 0 atom stereocenters. The molecule has 0 fully saturated rings. The Morgan fingerprint density at radius 1 is 1.15 bits per heavy atom. The molecule has 8 heteroatoms. The molecule has 3 N–H and O–H groups in total. The average molecular weight is 364 g/mol. The van der Waals surface area contributed by atoms with Crippen molar-refractivity contribution < 1.29 is 9.18 Å². The fraction of sp³-hybridized carbons (Fsp3) is 0.158. The van der Waals surface area contributed by atoms with Crippen molar-refractivity contribution in [3.05, 3.63) is 65.5 Å². The van der Waals surface area contributed by atoms with Crippen LogP contribution in [0.15, 0.2) is 42.6 Å². The van der Waals surface area contributed by atoms with Gasteiger partial charge in [-0.1, -0.05) is 0 Å². The summed E-state index contributed by atoms with van der Waals surface area (Å²) in [6.45, 7) is 2.65. The first-order chi connectivity index (χ1) is 13.0. The van der Waals surface area contributed by atoms with Crippen molar-refractivity contribution in [2.75, 3.05) is 11.1 Å². The molecule has 3 heterocycles. The molecule has 1 aliphatic heterocycles. The lowest BCUT2D eigenvalue weighted by atomic mass is 10.1. The molecule has 2 amide bonds. The third-order valence-electron chi connectivity index (χ3n) is 4.36. The van der Waals surface area contributed by atoms with E-state index in [1.807, 2.05) is 6.92 Å². The number of urea groups is 1. The molecule has 136 valence electrons. The Labute approximate surface area is 155 Å². The van der Waals surface area contributed by atoms with E-state index in [-0.39, 0.29) is 17.7 Å². The second-order valence-electron chi connectivity index (χ2n) is 6.32. The summed E-state index contributed by atoms with van der Waals surface area (Å²) >= 11 is 0. The first kappa shape index (κ1) is 16.9. The highest BCUT2D eigenvalue weighted by atomic mass is 19.1. The minimum absolute atomic E-state index is 0.264. The normalized spacial score (nSPS) is 12.7. The Kier molecular flexibility index (Phi) is 4.15. The molecule has 0 saturated heterocycles. The average Bonchev–Trinajstić information content (AvgIpc) is 3.07. The Hall–Kier alpha value is -3.55. The maximum atomic E-state index is 13.1. The maximum Gasteiger partial charge on any atom is 0.323 e. The summed E-state index contributed by atoms with van der Waals surface area (Å²) in [7, 11) is 0. The van der Waals surface area contributed by atoms with Gasteiger partial charge >= 0.3 is 6.03 Å². The monoisotopic (exact) mass is 364 g/mol. The van der Waals surface area contributed by atoms with Crippen LogP contribution in [0.4, 0.5) is 20.7 Å². The zero-order valence-corrected chi connectivity index (χ0v) is 14.6. The van der Waals surface area contributed by atoms with E-state index in [0.717, 1.165) is 16.8 Å². The molecule has 0 aliphatic carbocycles. The highest BCUT2D eigenvalue weighted by Gasteiger charge is 2.25. The van der Waals surface area contributed by atoms with Gasteiger partial charge in [-0.2, -0.15) is 0 Å². The predicted molar refractivity (Wildman–Crippen MR) is 99.1 cm³/mol. The van der Waals surface area contributed by atoms with Crippen LogP contribution < -0.4 is 11.1 Å². The van der Waals surface area contributed by atoms with Crippen molar-refractivity contribution in [2.45, 2.75) is 20.0 Å². The molecule has 0 saturated carbocycles. The number of hydrogen-bond donors (Lipinski definition) is 2. The molecular formula is C19H17FN6O. The number of nitrogens with zero attached hydrogens (tertiary/aromatic N) is 4. The van der Waals surface area contributed by atoms with Crippen molar-refractivity contribution in [2.24, 2.45) is 0 Å². The molecule has 7 nitrogen and oxygen atoms in total. The van der Waals surface area contributed by atoms with Crippen LogP contribution in [-0.2, 0) is 13.1 Å². The topological polar surface area (TPSA) is 97.0 Å². The third-order valence-corrected chi connectivity index (χ3v) is 4.36. The highest BCUT2D eigenvalue weighted by molar-refractivity contribution is 5.92. The van der Waals surface area contributed by atoms with Crippen LogP contribution in [0.2, 0.25) is 0 Å². The van der Waals surface area contributed by atoms with Crippen molar-refractivity contribution >= 4 is 17.5 Å². The molecule has 27 heavy (non-hydrogen) atoms. The summed E-state index contributed by atoms with van der Waals surface area (Å²) in [4.78, 5) is 27.2. The first-order valence-electron chi connectivity index (χ1n) is 8.39. The number of pyridine rings is 1. The van der Waals surface area contributed by atoms with Crippen LogP contribution in [0.3, 0.4) is 0 Å². The van der Waals surface area contributed by atoms with Crippen molar-refractivity contribution in [1.29, 1.82) is 0 Å². The third kappa shape index (κ3) is 3.41. The zero-order valence-electron chi connectivity index (χ0n) is 14.6. The van der Waals surface area contributed by atoms with Crippen LogP contribution in [0.5, 0.6) is 0 Å². The number of benzene rings is 1. The molecule has 1 aromatic carbocycles. The number of nitrogen functional groups attached to an aromatic ring is 1. The molecule has 0 radical (unpaired) electrons. The smallest absolute Gasteiger partial charge is 0.323 e. The molecule has 3 aromatic rings. The van der Waals surface area contributed by atoms with Crippen LogP contribution in [0.25, 0.3) is 11.3 Å². The molecule has 1 aliphatic rings. The standard InChI is InChI=1S/C19H17FN6O/c1-11-22-8-13-9-26(10-17(13)23-11)19(27)25-18-15(21)6-7-16(24-18)12-2-4-14(20)5-3-12/h2-8H,9-10,21H2,1H3,(H,24,25,27). The summed E-state index contributed by atoms with van der Waals surface area (Å²) in [5.74, 6) is 0.614. The Morgan fingerprint density at radius 3 is 2.70 bits per heavy atom. The Balaban J connectivity index is 1.53. The molecule has 0 unspecified atom stereocenters. The van der Waals surface area contributed by atoms with Gasteiger partial charge in [-0.25, -0.2) is 24.1 Å². The first-order valence-corrected chi connectivity index (χ1v) is 8.39. The van der Waals surface area contributed by atoms with Gasteiger partial charge in [0.15, 0.2) is 5.82 Å². The molecule has 2 aromatic heterocycles. The number of aromatic nitrogens is 3. The lowest BCUT2D eigenvalue weighted by molar-refractivity contribution is 0.212. The Bertz CT molecular complexity index is 1020. The number of carbonyl (C=O) groups excluding carboxylic acids is 1. The van der Waals surface area contributed by atoms with Crippen LogP contribution in [0, 0.1) is 12.7 Å². The highest BCUT2D eigenvalue weighted by Crippen LogP contribution is 2.25. The summed E-state index contributed by atoms with van der Waals surface area (Å²) in [5, 5.41) is 2.75. The van der Waals surface area contributed by atoms with Gasteiger partial charge in [-0.15, -0.1) is 0 Å². The summed E-state index contributed by atoms with van der Waals surface area (Å²) in [6.07, 6.45) is 1.74. The van der Waals surface area contributed by atoms with E-state index in [1.54, 1.807) is 35.4 Å². The minimum atomic E-state index is -0.324. The summed E-state index contributed by atoms with van der Waals surface area (Å²) in [6, 6.07) is 9.03. The van der Waals surface area contributed by atoms with E-state index in [0.29, 0.717) is 30.3 Å². The number of amides is 2. The van der Waals surface area contributed by atoms with Gasteiger partial charge in [-0.05, 0) is 43.3 Å². The van der Waals surface area contributed by atoms with E-state index in [1.165, 1.54) is 12.1 Å². The van der Waals surface area contributed by atoms with E-state index < -0.39 is 0 Å². The summed E-state index contributed by atoms with van der Waals surface area (Å²) in [5.41, 5.74) is 9.40. The fourth-order valence-corrected chi connectivity index (χ4v) is 2.93. The van der Waals surface area contributed by atoms with E-state index in [4.69, 9.17) is 5.73 Å². The second-order valence-corrected chi connectivity index (χ2v) is 6.32. The number of nitrogens with one attached hydrogen (secondary N) is 1. The number of halogens is 1. The van der Waals surface area contributed by atoms with Crippen LogP contribution in [-0.4, -0.2) is 25.9 Å². The molecule has 0 bridgehead atoms. The van der Waals surface area contributed by atoms with Gasteiger partial charge in [0, 0.05) is 17.3 Å². The van der Waals surface area contributed by atoms with Gasteiger partial charge in [0.1, 0.15) is 11.6 Å². The molecular weight excluding hydrogens is 347 g/mol. The number of fused-ring (bicyclic) bond motifs is 1. The van der Waals surface area contributed by atoms with Crippen molar-refractivity contribution in [1.82, 2.24) is 19.9 Å². The lowest BCUT2D eigenvalue weighted by Gasteiger charge is -2.17. The van der Waals surface area contributed by atoms with Crippen LogP contribution in [0.1, 0.15) is 17.1 Å². The zero-order chi connectivity index (χ0) is 19.0. The van der Waals surface area contributed by atoms with E-state index >= 15 is 0 Å². The second kappa shape index (κ2) is 6.64. The Morgan fingerprint density at radius 2 is 1.93 bits per heavy atom. The number of carbonyl (C=O) groups is 1. The predicted octanol–water partition coefficient (Wildman–Crippen LogP) is 3.12. The SMILES string of the molecule is Cc1ncc2c(n1)CN(C(=O)Nc1nc(-c3ccc(F)cc3)ccc1N)C2. The van der Waals surface area contributed by atoms with E-state index in [9.17, 15) is 9.18 Å². The van der Waals surface area contributed by atoms with Gasteiger partial charge < -0.3 is 10.6 Å². The van der Waals surface area contributed by atoms with E-state index in [2.05, 4.69) is 20.3 Å². The quantitative estimate of drug-likeness (QED) is 0.728. The number of nitrogens with two attached hydrogens (primary N) is 1. The van der Waals surface area contributed by atoms with Gasteiger partial charge in [0.2, 0.25) is 0 Å². The molecule has 0 spiro atoms. The summed E-state index contributed by atoms with van der Waals surface area (Å²) < 4.78 is 13.1. The van der Waals surface area contributed by atoms with Crippen LogP contribution >= 0.6 is 0 Å². The van der Waals surface area contributed by atoms with Gasteiger partial charge in [0.05, 0.1) is 30.2 Å². The number of aryl methyl sites for hydroxylation is 1. The largest absolute Gasteiger partial charge is 0.396 e. The minimum Gasteiger partial charge on any atom is -0.396 e. The maximum absolute atomic E-state index is 13.1. The van der Waals surface area contributed by atoms with Gasteiger partial charge in [0.25, 0.3) is 0 Å². The number of anilines is 2. The fourth-order valence-electron chi connectivity index (χ4n) is 2.93. The van der Waals surface area contributed by atoms with Gasteiger partial charge in [-0.3, -0.25) is 5.32 Å². The van der Waals surface area contributed by atoms with Crippen molar-refractivity contribution in [3.63, 3.8) is 0 Å².